The molecule has 1 saturated carbocycles. The first-order valence-corrected chi connectivity index (χ1v) is 6.15. The molecule has 1 aliphatic carbocycles. The molecule has 0 unspecified atom stereocenters. The summed E-state index contributed by atoms with van der Waals surface area (Å²) in [4.78, 5) is 37.2. The first-order chi connectivity index (χ1) is 9.47. The number of hydrogen-bond donors (Lipinski definition) is 4. The quantitative estimate of drug-likeness (QED) is 0.538. The molecule has 1 aliphatic rings. The third kappa shape index (κ3) is 3.53. The molecule has 0 saturated heterocycles. The number of carbonyl (C=O) groups is 3. The Morgan fingerprint density at radius 1 is 1.35 bits per heavy atom. The smallest absolute Gasteiger partial charge is 0.326 e. The number of nitrogens with zero attached hydrogens (tertiary/aromatic N) is 2. The Bertz CT molecular complexity index is 537. The highest BCUT2D eigenvalue weighted by Crippen LogP contribution is 2.37. The minimum absolute atomic E-state index is 0.131. The van der Waals surface area contributed by atoms with Crippen molar-refractivity contribution in [3.05, 3.63) is 11.6 Å². The van der Waals surface area contributed by atoms with Crippen molar-refractivity contribution in [3.63, 3.8) is 0 Å². The molecule has 0 aromatic carbocycles. The molecule has 2 rings (SSSR count). The van der Waals surface area contributed by atoms with E-state index in [9.17, 15) is 14.4 Å². The lowest BCUT2D eigenvalue weighted by Gasteiger charge is -2.11. The van der Waals surface area contributed by atoms with Crippen LogP contribution in [0.1, 0.15) is 48.0 Å². The van der Waals surface area contributed by atoms with E-state index >= 15 is 0 Å². The molecule has 108 valence electrons. The number of carboxylic acid groups (broad SMARTS) is 2. The van der Waals surface area contributed by atoms with E-state index in [2.05, 4.69) is 20.5 Å². The van der Waals surface area contributed by atoms with Crippen LogP contribution in [0.5, 0.6) is 0 Å². The molecule has 4 N–H and O–H groups in total. The van der Waals surface area contributed by atoms with Crippen LogP contribution in [0.3, 0.4) is 0 Å². The maximum atomic E-state index is 11.8. The molecular weight excluding hydrogens is 268 g/mol. The third-order valence-corrected chi connectivity index (χ3v) is 2.92. The highest BCUT2D eigenvalue weighted by Gasteiger charge is 2.29. The van der Waals surface area contributed by atoms with Gasteiger partial charge in [0.1, 0.15) is 11.9 Å². The molecule has 1 aromatic rings. The lowest BCUT2D eigenvalue weighted by atomic mass is 10.1. The van der Waals surface area contributed by atoms with Crippen LogP contribution in [-0.4, -0.2) is 49.3 Å². The highest BCUT2D eigenvalue weighted by atomic mass is 16.4. The average Bonchev–Trinajstić information content (AvgIpc) is 3.11. The number of carbonyl (C=O) groups excluding carboxylic acids is 1. The lowest BCUT2D eigenvalue weighted by Crippen LogP contribution is -2.41. The van der Waals surface area contributed by atoms with Crippen LogP contribution < -0.4 is 5.32 Å². The second kappa shape index (κ2) is 5.68. The Balaban J connectivity index is 1.95. The normalized spacial score (nSPS) is 15.6. The van der Waals surface area contributed by atoms with Crippen LogP contribution in [0.25, 0.3) is 0 Å². The van der Waals surface area contributed by atoms with E-state index in [0.29, 0.717) is 11.7 Å². The summed E-state index contributed by atoms with van der Waals surface area (Å²) >= 11 is 0. The number of rotatable bonds is 7. The Morgan fingerprint density at radius 3 is 2.60 bits per heavy atom. The van der Waals surface area contributed by atoms with Gasteiger partial charge in [0.05, 0.1) is 0 Å². The van der Waals surface area contributed by atoms with Crippen LogP contribution in [0.4, 0.5) is 0 Å². The zero-order valence-corrected chi connectivity index (χ0v) is 10.5. The fourth-order valence-corrected chi connectivity index (χ4v) is 1.66. The maximum Gasteiger partial charge on any atom is 0.326 e. The van der Waals surface area contributed by atoms with Gasteiger partial charge in [0, 0.05) is 12.3 Å². The Morgan fingerprint density at radius 2 is 2.05 bits per heavy atom. The van der Waals surface area contributed by atoms with E-state index in [4.69, 9.17) is 10.2 Å². The van der Waals surface area contributed by atoms with Crippen molar-refractivity contribution in [1.82, 2.24) is 20.5 Å². The van der Waals surface area contributed by atoms with Crippen molar-refractivity contribution >= 4 is 17.8 Å². The maximum absolute atomic E-state index is 11.8. The number of H-pyrrole nitrogens is 1. The van der Waals surface area contributed by atoms with Gasteiger partial charge in [-0.25, -0.2) is 9.78 Å². The summed E-state index contributed by atoms with van der Waals surface area (Å²) in [6, 6.07) is -1.28. The highest BCUT2D eigenvalue weighted by molar-refractivity contribution is 5.93. The summed E-state index contributed by atoms with van der Waals surface area (Å²) in [5.74, 6) is -2.37. The molecule has 1 atom stereocenters. The van der Waals surface area contributed by atoms with Gasteiger partial charge in [0.15, 0.2) is 0 Å². The monoisotopic (exact) mass is 282 g/mol. The molecule has 0 spiro atoms. The van der Waals surface area contributed by atoms with Gasteiger partial charge in [-0.3, -0.25) is 14.7 Å². The van der Waals surface area contributed by atoms with Gasteiger partial charge >= 0.3 is 11.9 Å². The molecule has 20 heavy (non-hydrogen) atoms. The zero-order valence-electron chi connectivity index (χ0n) is 10.5. The van der Waals surface area contributed by atoms with Gasteiger partial charge in [0.25, 0.3) is 5.91 Å². The van der Waals surface area contributed by atoms with Crippen molar-refractivity contribution in [1.29, 1.82) is 0 Å². The molecule has 0 aliphatic heterocycles. The molecule has 1 aromatic heterocycles. The molecule has 0 bridgehead atoms. The van der Waals surface area contributed by atoms with Crippen molar-refractivity contribution < 1.29 is 24.6 Å². The van der Waals surface area contributed by atoms with Gasteiger partial charge in [-0.15, -0.1) is 5.10 Å². The van der Waals surface area contributed by atoms with E-state index in [1.165, 1.54) is 0 Å². The fourth-order valence-electron chi connectivity index (χ4n) is 1.66. The molecule has 1 heterocycles. The summed E-state index contributed by atoms with van der Waals surface area (Å²) in [7, 11) is 0. The minimum Gasteiger partial charge on any atom is -0.481 e. The third-order valence-electron chi connectivity index (χ3n) is 2.92. The predicted molar refractivity (Wildman–Crippen MR) is 64.1 cm³/mol. The Hall–Kier alpha value is -2.45. The number of amides is 1. The molecule has 1 fully saturated rings. The Labute approximate surface area is 113 Å². The lowest BCUT2D eigenvalue weighted by molar-refractivity contribution is -0.140. The number of nitrogens with one attached hydrogen (secondary N) is 2. The van der Waals surface area contributed by atoms with E-state index in [1.54, 1.807) is 0 Å². The summed E-state index contributed by atoms with van der Waals surface area (Å²) < 4.78 is 0. The Kier molecular flexibility index (Phi) is 3.97. The van der Waals surface area contributed by atoms with Gasteiger partial charge in [-0.2, -0.15) is 0 Å². The van der Waals surface area contributed by atoms with Crippen LogP contribution >= 0.6 is 0 Å². The van der Waals surface area contributed by atoms with Gasteiger partial charge in [-0.05, 0) is 19.3 Å². The van der Waals surface area contributed by atoms with E-state index in [0.717, 1.165) is 12.8 Å². The first kappa shape index (κ1) is 14.0. The van der Waals surface area contributed by atoms with Crippen LogP contribution in [0, 0.1) is 0 Å². The number of aliphatic carboxylic acids is 2. The van der Waals surface area contributed by atoms with Gasteiger partial charge in [0.2, 0.25) is 5.82 Å². The number of carboxylic acids is 2. The largest absolute Gasteiger partial charge is 0.481 e. The minimum atomic E-state index is -1.29. The summed E-state index contributed by atoms with van der Waals surface area (Å²) in [5, 5.41) is 26.0. The van der Waals surface area contributed by atoms with Gasteiger partial charge in [-0.1, -0.05) is 0 Å². The molecule has 0 radical (unpaired) electrons. The zero-order chi connectivity index (χ0) is 14.7. The first-order valence-electron chi connectivity index (χ1n) is 6.15. The SMILES string of the molecule is O=C(O)CC[C@H](NC(=O)c1n[nH]c(C2CC2)n1)C(=O)O. The van der Waals surface area contributed by atoms with E-state index in [-0.39, 0.29) is 18.7 Å². The number of hydrogen-bond acceptors (Lipinski definition) is 5. The van der Waals surface area contributed by atoms with Crippen molar-refractivity contribution in [2.24, 2.45) is 0 Å². The van der Waals surface area contributed by atoms with Crippen LogP contribution in [0.15, 0.2) is 0 Å². The second-order valence-corrected chi connectivity index (χ2v) is 4.62. The van der Waals surface area contributed by atoms with Crippen LogP contribution in [0.2, 0.25) is 0 Å². The number of aromatic amines is 1. The summed E-state index contributed by atoms with van der Waals surface area (Å²) in [5.41, 5.74) is 0. The average molecular weight is 282 g/mol. The topological polar surface area (TPSA) is 145 Å². The van der Waals surface area contributed by atoms with Crippen molar-refractivity contribution in [3.8, 4) is 0 Å². The van der Waals surface area contributed by atoms with Gasteiger partial charge < -0.3 is 15.5 Å². The molecule has 9 heteroatoms. The second-order valence-electron chi connectivity index (χ2n) is 4.62. The van der Waals surface area contributed by atoms with E-state index < -0.39 is 23.9 Å². The molecule has 1 amide bonds. The van der Waals surface area contributed by atoms with Crippen molar-refractivity contribution in [2.45, 2.75) is 37.6 Å². The fraction of sp³-hybridized carbons (Fsp3) is 0.545. The van der Waals surface area contributed by atoms with Crippen LogP contribution in [-0.2, 0) is 9.59 Å². The molecular formula is C11H14N4O5. The van der Waals surface area contributed by atoms with Crippen molar-refractivity contribution in [2.75, 3.05) is 0 Å². The molecule has 9 nitrogen and oxygen atoms in total. The number of aromatic nitrogens is 3. The summed E-state index contributed by atoms with van der Waals surface area (Å²) in [6.45, 7) is 0. The van der Waals surface area contributed by atoms with E-state index in [1.807, 2.05) is 0 Å². The summed E-state index contributed by atoms with van der Waals surface area (Å²) in [6.07, 6.45) is 1.44. The predicted octanol–water partition coefficient (Wildman–Crippen LogP) is -0.270. The standard InChI is InChI=1S/C11H14N4O5/c16-7(17)4-3-6(11(19)20)12-10(18)9-13-8(14-15-9)5-1-2-5/h5-6H,1-4H2,(H,12,18)(H,16,17)(H,19,20)(H,13,14,15)/t6-/m0/s1.